The number of carbonyl (C=O) groups is 3. The number of nitrogens with zero attached hydrogens (tertiary/aromatic N) is 5. The number of anilines is 1. The summed E-state index contributed by atoms with van der Waals surface area (Å²) in [5, 5.41) is 0. The van der Waals surface area contributed by atoms with Gasteiger partial charge in [0.1, 0.15) is 12.1 Å². The molecule has 8 heteroatoms. The molecule has 0 spiro atoms. The number of hydrogen-bond acceptors (Lipinski definition) is 6. The average Bonchev–Trinajstić information content (AvgIpc) is 3.09. The number of amides is 3. The lowest BCUT2D eigenvalue weighted by Crippen LogP contribution is -2.52. The van der Waals surface area contributed by atoms with Crippen LogP contribution >= 0.6 is 0 Å². The van der Waals surface area contributed by atoms with E-state index in [1.807, 2.05) is 17.9 Å². The first kappa shape index (κ1) is 21.6. The fourth-order valence-electron chi connectivity index (χ4n) is 5.39. The summed E-state index contributed by atoms with van der Waals surface area (Å²) in [7, 11) is 0. The second-order valence-corrected chi connectivity index (χ2v) is 9.25. The lowest BCUT2D eigenvalue weighted by molar-refractivity contribution is -0.139. The summed E-state index contributed by atoms with van der Waals surface area (Å²) >= 11 is 0. The van der Waals surface area contributed by atoms with E-state index in [1.165, 1.54) is 4.90 Å². The Morgan fingerprint density at radius 3 is 2.30 bits per heavy atom. The number of fused-ring (bicyclic) bond motifs is 1. The number of aromatic nitrogens is 2. The Kier molecular flexibility index (Phi) is 5.83. The molecule has 0 radical (unpaired) electrons. The zero-order valence-electron chi connectivity index (χ0n) is 18.9. The number of imide groups is 1. The number of aryl methyl sites for hydroxylation is 1. The minimum absolute atomic E-state index is 0.0102. The number of rotatable bonds is 4. The summed E-state index contributed by atoms with van der Waals surface area (Å²) in [4.78, 5) is 53.2. The molecule has 5 rings (SSSR count). The Morgan fingerprint density at radius 2 is 1.64 bits per heavy atom. The molecule has 1 aromatic heterocycles. The third kappa shape index (κ3) is 4.10. The van der Waals surface area contributed by atoms with Crippen molar-refractivity contribution in [2.24, 2.45) is 11.8 Å². The van der Waals surface area contributed by atoms with Crippen molar-refractivity contribution < 1.29 is 14.4 Å². The molecule has 2 fully saturated rings. The monoisotopic (exact) mass is 447 g/mol. The predicted molar refractivity (Wildman–Crippen MR) is 123 cm³/mol. The lowest BCUT2D eigenvalue weighted by Gasteiger charge is -2.40. The second kappa shape index (κ2) is 8.92. The maximum atomic E-state index is 13.5. The zero-order chi connectivity index (χ0) is 22.9. The lowest BCUT2D eigenvalue weighted by atomic mass is 9.78. The van der Waals surface area contributed by atoms with Gasteiger partial charge in [-0.1, -0.05) is 25.0 Å². The molecule has 2 atom stereocenters. The Hall–Kier alpha value is -3.29. The topological polar surface area (TPSA) is 86.7 Å². The first-order valence-electron chi connectivity index (χ1n) is 11.8. The van der Waals surface area contributed by atoms with Crippen LogP contribution in [0.4, 0.5) is 5.82 Å². The van der Waals surface area contributed by atoms with Crippen LogP contribution in [0.2, 0.25) is 0 Å². The molecule has 1 saturated heterocycles. The highest BCUT2D eigenvalue weighted by atomic mass is 16.2. The molecule has 172 valence electrons. The van der Waals surface area contributed by atoms with Crippen LogP contribution in [0.25, 0.3) is 0 Å². The van der Waals surface area contributed by atoms with Crippen LogP contribution < -0.4 is 4.90 Å². The normalized spacial score (nSPS) is 23.1. The maximum absolute atomic E-state index is 13.5. The highest BCUT2D eigenvalue weighted by Gasteiger charge is 2.41. The third-order valence-electron chi connectivity index (χ3n) is 7.23. The van der Waals surface area contributed by atoms with Gasteiger partial charge in [-0.05, 0) is 37.8 Å². The molecule has 8 nitrogen and oxygen atoms in total. The minimum atomic E-state index is -0.235. The molecule has 1 aromatic carbocycles. The smallest absolute Gasteiger partial charge is 0.261 e. The molecule has 3 heterocycles. The van der Waals surface area contributed by atoms with Crippen molar-refractivity contribution in [3.63, 3.8) is 0 Å². The summed E-state index contributed by atoms with van der Waals surface area (Å²) in [6.45, 7) is 5.04. The molecular weight excluding hydrogens is 418 g/mol. The van der Waals surface area contributed by atoms with Crippen molar-refractivity contribution in [3.05, 3.63) is 53.5 Å². The quantitative estimate of drug-likeness (QED) is 0.670. The molecule has 1 aliphatic carbocycles. The Morgan fingerprint density at radius 1 is 0.970 bits per heavy atom. The summed E-state index contributed by atoms with van der Waals surface area (Å²) in [6.07, 6.45) is 5.30. The molecule has 3 aliphatic rings. The fourth-order valence-corrected chi connectivity index (χ4v) is 5.39. The van der Waals surface area contributed by atoms with Gasteiger partial charge in [0, 0.05) is 50.4 Å². The van der Waals surface area contributed by atoms with Crippen molar-refractivity contribution in [3.8, 4) is 0 Å². The van der Waals surface area contributed by atoms with Crippen molar-refractivity contribution in [2.75, 3.05) is 37.6 Å². The van der Waals surface area contributed by atoms with Crippen LogP contribution in [-0.2, 0) is 4.79 Å². The molecular formula is C25H29N5O3. The van der Waals surface area contributed by atoms with Crippen LogP contribution in [-0.4, -0.2) is 70.2 Å². The minimum Gasteiger partial charge on any atom is -0.353 e. The molecule has 0 bridgehead atoms. The second-order valence-electron chi connectivity index (χ2n) is 9.25. The number of carbonyl (C=O) groups excluding carboxylic acids is 3. The summed E-state index contributed by atoms with van der Waals surface area (Å²) in [5.74, 6) is 0.458. The van der Waals surface area contributed by atoms with E-state index in [4.69, 9.17) is 0 Å². The van der Waals surface area contributed by atoms with Crippen LogP contribution in [0.1, 0.15) is 52.1 Å². The van der Waals surface area contributed by atoms with Crippen LogP contribution in [0, 0.1) is 18.8 Å². The average molecular weight is 448 g/mol. The van der Waals surface area contributed by atoms with Gasteiger partial charge in [0.25, 0.3) is 11.8 Å². The van der Waals surface area contributed by atoms with E-state index in [9.17, 15) is 14.4 Å². The van der Waals surface area contributed by atoms with Gasteiger partial charge >= 0.3 is 0 Å². The van der Waals surface area contributed by atoms with Gasteiger partial charge in [0.2, 0.25) is 5.91 Å². The molecule has 2 aromatic rings. The third-order valence-corrected chi connectivity index (χ3v) is 7.23. The van der Waals surface area contributed by atoms with Gasteiger partial charge in [-0.15, -0.1) is 0 Å². The van der Waals surface area contributed by atoms with E-state index in [0.717, 1.165) is 50.3 Å². The highest BCUT2D eigenvalue weighted by molar-refractivity contribution is 6.21. The zero-order valence-corrected chi connectivity index (χ0v) is 18.9. The van der Waals surface area contributed by atoms with Crippen molar-refractivity contribution in [1.82, 2.24) is 19.8 Å². The largest absolute Gasteiger partial charge is 0.353 e. The molecule has 33 heavy (non-hydrogen) atoms. The number of benzene rings is 1. The van der Waals surface area contributed by atoms with Gasteiger partial charge in [0.05, 0.1) is 11.1 Å². The first-order chi connectivity index (χ1) is 16.0. The van der Waals surface area contributed by atoms with Gasteiger partial charge < -0.3 is 9.80 Å². The first-order valence-corrected chi connectivity index (χ1v) is 11.8. The predicted octanol–water partition coefficient (Wildman–Crippen LogP) is 2.54. The SMILES string of the molecule is Cc1cc(N2CCN(C(=O)C3CCCCC3CN3C(=O)c4ccccc4C3=O)CC2)ncn1. The fraction of sp³-hybridized carbons (Fsp3) is 0.480. The number of hydrogen-bond donors (Lipinski definition) is 0. The van der Waals surface area contributed by atoms with E-state index in [0.29, 0.717) is 30.8 Å². The highest BCUT2D eigenvalue weighted by Crippen LogP contribution is 2.34. The molecule has 1 saturated carbocycles. The van der Waals surface area contributed by atoms with E-state index in [2.05, 4.69) is 14.9 Å². The van der Waals surface area contributed by atoms with Gasteiger partial charge in [-0.3, -0.25) is 19.3 Å². The summed E-state index contributed by atoms with van der Waals surface area (Å²) in [6, 6.07) is 8.94. The Bertz CT molecular complexity index is 1040. The summed E-state index contributed by atoms with van der Waals surface area (Å²) < 4.78 is 0. The summed E-state index contributed by atoms with van der Waals surface area (Å²) in [5.41, 5.74) is 1.87. The standard InChI is InChI=1S/C25H29N5O3/c1-17-14-22(27-16-26-17)28-10-12-29(13-11-28)23(31)19-7-3-2-6-18(19)15-30-24(32)20-8-4-5-9-21(20)25(30)33/h4-5,8-9,14,16,18-19H,2-3,6-7,10-13,15H2,1H3. The van der Waals surface area contributed by atoms with E-state index in [1.54, 1.807) is 30.6 Å². The van der Waals surface area contributed by atoms with E-state index < -0.39 is 0 Å². The van der Waals surface area contributed by atoms with Gasteiger partial charge in [-0.2, -0.15) is 0 Å². The van der Waals surface area contributed by atoms with Crippen molar-refractivity contribution >= 4 is 23.5 Å². The van der Waals surface area contributed by atoms with Gasteiger partial charge in [-0.25, -0.2) is 9.97 Å². The Labute approximate surface area is 193 Å². The maximum Gasteiger partial charge on any atom is 0.261 e. The molecule has 2 aliphatic heterocycles. The van der Waals surface area contributed by atoms with Crippen molar-refractivity contribution in [2.45, 2.75) is 32.6 Å². The van der Waals surface area contributed by atoms with Crippen LogP contribution in [0.15, 0.2) is 36.7 Å². The van der Waals surface area contributed by atoms with Crippen molar-refractivity contribution in [1.29, 1.82) is 0 Å². The molecule has 2 unspecified atom stereocenters. The van der Waals surface area contributed by atoms with Gasteiger partial charge in [0.15, 0.2) is 0 Å². The molecule has 3 amide bonds. The number of piperazine rings is 1. The van der Waals surface area contributed by atoms with E-state index >= 15 is 0 Å². The van der Waals surface area contributed by atoms with Crippen LogP contribution in [0.5, 0.6) is 0 Å². The van der Waals surface area contributed by atoms with Crippen LogP contribution in [0.3, 0.4) is 0 Å². The molecule has 0 N–H and O–H groups in total. The van der Waals surface area contributed by atoms with E-state index in [-0.39, 0.29) is 29.6 Å². The Balaban J connectivity index is 1.24.